The molecule has 13 nitrogen and oxygen atoms in total. The quantitative estimate of drug-likeness (QED) is 0.148. The third kappa shape index (κ3) is 9.48. The van der Waals surface area contributed by atoms with E-state index in [0.29, 0.717) is 64.2 Å². The van der Waals surface area contributed by atoms with Crippen LogP contribution in [-0.2, 0) is 10.4 Å². The highest BCUT2D eigenvalue weighted by molar-refractivity contribution is 6.34. The molecule has 2 aliphatic heterocycles. The standard InChI is InChI=1S/C43H53ClN8O5/c1-27-6-5-7-35(45-27)40(54)46-37-22-31-26-52(48-36(31)24-33(37)43(2,3)57)32-11-8-29(9-12-32)25-49(4)18-14-28-15-19-50(20-16-28)41(55)30-10-13-34(44)38(23-30)51-21-17-39(53)47-42(51)56/h5-7,10,13,22-24,26,28-29,32,57H,8-9,11-12,14-21,25H2,1-4H3,(H,46,54)(H,47,53,56)/t29-,32-. The Kier molecular flexibility index (Phi) is 12.0. The number of aliphatic hydroxyl groups is 1. The molecule has 3 fully saturated rings. The fourth-order valence-electron chi connectivity index (χ4n) is 8.52. The summed E-state index contributed by atoms with van der Waals surface area (Å²) in [4.78, 5) is 60.7. The normalized spacial score (nSPS) is 19.6. The summed E-state index contributed by atoms with van der Waals surface area (Å²) in [6.45, 7) is 8.94. The van der Waals surface area contributed by atoms with Gasteiger partial charge in [0.2, 0.25) is 5.91 Å². The van der Waals surface area contributed by atoms with Crippen LogP contribution >= 0.6 is 11.6 Å². The van der Waals surface area contributed by atoms with Crippen LogP contribution in [0.15, 0.2) is 54.7 Å². The van der Waals surface area contributed by atoms with E-state index in [1.807, 2.05) is 30.0 Å². The summed E-state index contributed by atoms with van der Waals surface area (Å²) in [5.74, 6) is 0.463. The smallest absolute Gasteiger partial charge is 0.328 e. The lowest BCUT2D eigenvalue weighted by atomic mass is 9.85. The lowest BCUT2D eigenvalue weighted by molar-refractivity contribution is -0.120. The summed E-state index contributed by atoms with van der Waals surface area (Å²) in [7, 11) is 2.22. The molecule has 57 heavy (non-hydrogen) atoms. The lowest BCUT2D eigenvalue weighted by Gasteiger charge is -2.34. The van der Waals surface area contributed by atoms with Gasteiger partial charge in [-0.25, -0.2) is 9.78 Å². The molecule has 5 amide bonds. The van der Waals surface area contributed by atoms with Gasteiger partial charge in [-0.2, -0.15) is 5.10 Å². The molecule has 0 bridgehead atoms. The number of nitrogens with one attached hydrogen (secondary N) is 2. The van der Waals surface area contributed by atoms with Crippen molar-refractivity contribution in [3.8, 4) is 0 Å². The van der Waals surface area contributed by atoms with Crippen molar-refractivity contribution < 1.29 is 24.3 Å². The molecule has 3 N–H and O–H groups in total. The minimum atomic E-state index is -1.19. The molecule has 2 aromatic carbocycles. The molecule has 1 saturated carbocycles. The molecule has 0 radical (unpaired) electrons. The molecule has 0 atom stereocenters. The van der Waals surface area contributed by atoms with Crippen LogP contribution < -0.4 is 15.5 Å². The van der Waals surface area contributed by atoms with Crippen LogP contribution in [-0.4, -0.2) is 93.2 Å². The zero-order valence-corrected chi connectivity index (χ0v) is 34.0. The maximum atomic E-state index is 13.5. The summed E-state index contributed by atoms with van der Waals surface area (Å²) in [5, 5.41) is 22.5. The molecular formula is C43H53ClN8O5. The Balaban J connectivity index is 0.872. The maximum Gasteiger partial charge on any atom is 0.328 e. The second-order valence-electron chi connectivity index (χ2n) is 16.6. The minimum Gasteiger partial charge on any atom is -0.386 e. The number of fused-ring (bicyclic) bond motifs is 1. The summed E-state index contributed by atoms with van der Waals surface area (Å²) in [6, 6.07) is 13.9. The number of urea groups is 1. The number of anilines is 2. The number of piperidine rings is 1. The van der Waals surface area contributed by atoms with Crippen molar-refractivity contribution in [1.29, 1.82) is 0 Å². The van der Waals surface area contributed by atoms with Crippen LogP contribution in [0.25, 0.3) is 10.9 Å². The number of hydrogen-bond acceptors (Lipinski definition) is 8. The van der Waals surface area contributed by atoms with Crippen molar-refractivity contribution in [2.24, 2.45) is 11.8 Å². The van der Waals surface area contributed by atoms with Crippen LogP contribution in [0, 0.1) is 18.8 Å². The largest absolute Gasteiger partial charge is 0.386 e. The SMILES string of the molecule is Cc1cccc(C(=O)Nc2cc3cn([C@H]4CC[C@H](CN(C)CCC5CCN(C(=O)c6ccc(Cl)c(N7CCC(=O)NC7=O)c6)CC5)CC4)nc3cc2C(C)(C)O)n1. The Hall–Kier alpha value is -4.85. The number of likely N-dealkylation sites (tertiary alicyclic amines) is 1. The Labute approximate surface area is 338 Å². The minimum absolute atomic E-state index is 0.0699. The van der Waals surface area contributed by atoms with E-state index in [9.17, 15) is 24.3 Å². The molecule has 1 aliphatic carbocycles. The molecule has 2 aromatic heterocycles. The first-order chi connectivity index (χ1) is 27.2. The van der Waals surface area contributed by atoms with Crippen molar-refractivity contribution in [3.05, 3.63) is 82.3 Å². The fraction of sp³-hybridized carbons (Fsp3) is 0.488. The maximum absolute atomic E-state index is 13.5. The average molecular weight is 797 g/mol. The van der Waals surface area contributed by atoms with E-state index in [1.165, 1.54) is 4.90 Å². The molecule has 0 unspecified atom stereocenters. The van der Waals surface area contributed by atoms with Crippen LogP contribution in [0.4, 0.5) is 16.2 Å². The zero-order chi connectivity index (χ0) is 40.4. The molecule has 14 heteroatoms. The number of rotatable bonds is 11. The van der Waals surface area contributed by atoms with Gasteiger partial charge < -0.3 is 20.2 Å². The molecule has 3 aliphatic rings. The first-order valence-electron chi connectivity index (χ1n) is 20.1. The van der Waals surface area contributed by atoms with Gasteiger partial charge in [0, 0.05) is 66.7 Å². The molecule has 302 valence electrons. The number of aryl methyl sites for hydroxylation is 1. The number of carbonyl (C=O) groups is 4. The van der Waals surface area contributed by atoms with E-state index >= 15 is 0 Å². The van der Waals surface area contributed by atoms with Crippen molar-refractivity contribution in [1.82, 2.24) is 29.9 Å². The number of hydrogen-bond donors (Lipinski definition) is 3. The third-order valence-corrected chi connectivity index (χ3v) is 12.1. The number of pyridine rings is 1. The molecule has 0 spiro atoms. The summed E-state index contributed by atoms with van der Waals surface area (Å²) < 4.78 is 2.08. The van der Waals surface area contributed by atoms with Gasteiger partial charge in [0.15, 0.2) is 0 Å². The number of amides is 5. The van der Waals surface area contributed by atoms with Gasteiger partial charge in [0.25, 0.3) is 11.8 Å². The van der Waals surface area contributed by atoms with E-state index in [0.717, 1.165) is 74.6 Å². The molecular weight excluding hydrogens is 744 g/mol. The van der Waals surface area contributed by atoms with Gasteiger partial charge in [-0.15, -0.1) is 0 Å². The van der Waals surface area contributed by atoms with Crippen LogP contribution in [0.1, 0.15) is 103 Å². The average Bonchev–Trinajstić information content (AvgIpc) is 3.60. The van der Waals surface area contributed by atoms with Crippen molar-refractivity contribution in [2.75, 3.05) is 50.0 Å². The Morgan fingerprint density at radius 3 is 2.46 bits per heavy atom. The van der Waals surface area contributed by atoms with E-state index in [2.05, 4.69) is 38.4 Å². The van der Waals surface area contributed by atoms with Gasteiger partial charge in [-0.3, -0.25) is 29.3 Å². The zero-order valence-electron chi connectivity index (χ0n) is 33.3. The number of aromatic nitrogens is 3. The fourth-order valence-corrected chi connectivity index (χ4v) is 8.74. The van der Waals surface area contributed by atoms with Gasteiger partial charge in [0.1, 0.15) is 5.69 Å². The monoisotopic (exact) mass is 796 g/mol. The summed E-state index contributed by atoms with van der Waals surface area (Å²) in [5.41, 5.74) is 2.75. The highest BCUT2D eigenvalue weighted by atomic mass is 35.5. The van der Waals surface area contributed by atoms with E-state index < -0.39 is 11.6 Å². The number of nitrogens with zero attached hydrogens (tertiary/aromatic N) is 6. The van der Waals surface area contributed by atoms with Gasteiger partial charge in [-0.1, -0.05) is 17.7 Å². The lowest BCUT2D eigenvalue weighted by Crippen LogP contribution is -2.49. The number of benzene rings is 2. The van der Waals surface area contributed by atoms with Crippen molar-refractivity contribution >= 4 is 57.6 Å². The second kappa shape index (κ2) is 16.9. The number of imide groups is 1. The van der Waals surface area contributed by atoms with Crippen molar-refractivity contribution in [3.63, 3.8) is 0 Å². The van der Waals surface area contributed by atoms with E-state index in [1.54, 1.807) is 44.2 Å². The molecule has 7 rings (SSSR count). The Morgan fingerprint density at radius 2 is 1.75 bits per heavy atom. The van der Waals surface area contributed by atoms with Gasteiger partial charge in [-0.05, 0) is 134 Å². The van der Waals surface area contributed by atoms with Gasteiger partial charge >= 0.3 is 6.03 Å². The predicted molar refractivity (Wildman–Crippen MR) is 221 cm³/mol. The third-order valence-electron chi connectivity index (χ3n) is 11.8. The summed E-state index contributed by atoms with van der Waals surface area (Å²) in [6.07, 6.45) is 9.58. The highest BCUT2D eigenvalue weighted by Gasteiger charge is 2.30. The molecule has 2 saturated heterocycles. The topological polar surface area (TPSA) is 153 Å². The van der Waals surface area contributed by atoms with Crippen LogP contribution in [0.3, 0.4) is 0 Å². The highest BCUT2D eigenvalue weighted by Crippen LogP contribution is 2.36. The molecule has 4 heterocycles. The van der Waals surface area contributed by atoms with E-state index in [-0.39, 0.29) is 30.7 Å². The molecule has 4 aromatic rings. The Morgan fingerprint density at radius 1 is 1.00 bits per heavy atom. The predicted octanol–water partition coefficient (Wildman–Crippen LogP) is 6.92. The van der Waals surface area contributed by atoms with E-state index in [4.69, 9.17) is 16.7 Å². The second-order valence-corrected chi connectivity index (χ2v) is 17.0. The number of carbonyl (C=O) groups excluding carboxylic acids is 4. The van der Waals surface area contributed by atoms with Crippen molar-refractivity contribution in [2.45, 2.75) is 83.8 Å². The Bertz CT molecular complexity index is 2150. The first kappa shape index (κ1) is 40.4. The van der Waals surface area contributed by atoms with Crippen LogP contribution in [0.2, 0.25) is 5.02 Å². The van der Waals surface area contributed by atoms with Crippen LogP contribution in [0.5, 0.6) is 0 Å². The van der Waals surface area contributed by atoms with Gasteiger partial charge in [0.05, 0.1) is 27.9 Å². The summed E-state index contributed by atoms with van der Waals surface area (Å²) >= 11 is 6.40. The first-order valence-corrected chi connectivity index (χ1v) is 20.5. The number of halogens is 1.